The van der Waals surface area contributed by atoms with Gasteiger partial charge in [-0.1, -0.05) is 11.6 Å². The summed E-state index contributed by atoms with van der Waals surface area (Å²) in [7, 11) is 1.60. The Hall–Kier alpha value is -1.96. The number of hydrogen-bond acceptors (Lipinski definition) is 7. The van der Waals surface area contributed by atoms with Crippen LogP contribution in [0.15, 0.2) is 18.3 Å². The van der Waals surface area contributed by atoms with E-state index < -0.39 is 0 Å². The Morgan fingerprint density at radius 3 is 2.27 bits per heavy atom. The van der Waals surface area contributed by atoms with Gasteiger partial charge in [0.25, 0.3) is 0 Å². The highest BCUT2D eigenvalue weighted by Crippen LogP contribution is 2.36. The fraction of sp³-hybridized carbons (Fsp3) is 0.524. The largest absolute Gasteiger partial charge is 0.492 e. The smallest absolute Gasteiger partial charge is 0.224 e. The van der Waals surface area contributed by atoms with Crippen LogP contribution in [0.3, 0.4) is 0 Å². The first-order valence-corrected chi connectivity index (χ1v) is 10.9. The fourth-order valence-electron chi connectivity index (χ4n) is 3.53. The average molecular weight is 455 g/mol. The lowest BCUT2D eigenvalue weighted by molar-refractivity contribution is 0.210. The molecule has 1 N–H and O–H groups in total. The topological polar surface area (TPSA) is 68.7 Å². The van der Waals surface area contributed by atoms with Crippen LogP contribution in [-0.2, 0) is 6.54 Å². The van der Waals surface area contributed by atoms with Gasteiger partial charge in [0.2, 0.25) is 5.28 Å². The highest BCUT2D eigenvalue weighted by Gasteiger charge is 2.22. The molecule has 0 bridgehead atoms. The normalized spacial score (nSPS) is 15.1. The van der Waals surface area contributed by atoms with Crippen molar-refractivity contribution >= 4 is 29.0 Å². The first kappa shape index (κ1) is 22.7. The van der Waals surface area contributed by atoms with E-state index in [1.54, 1.807) is 13.3 Å². The van der Waals surface area contributed by atoms with Crippen molar-refractivity contribution in [3.63, 3.8) is 0 Å². The SMILES string of the molecule is CCOc1cc(CN2CCC(Nc3nc(Cl)ncc3OC)CC2)cc(OCC)c1Cl. The Morgan fingerprint density at radius 1 is 1.07 bits per heavy atom. The van der Waals surface area contributed by atoms with Gasteiger partial charge in [0.05, 0.1) is 26.5 Å². The van der Waals surface area contributed by atoms with E-state index in [2.05, 4.69) is 20.2 Å². The average Bonchev–Trinajstić information content (AvgIpc) is 2.73. The van der Waals surface area contributed by atoms with Gasteiger partial charge in [0.1, 0.15) is 16.5 Å². The van der Waals surface area contributed by atoms with E-state index in [9.17, 15) is 0 Å². The van der Waals surface area contributed by atoms with Gasteiger partial charge < -0.3 is 19.5 Å². The molecule has 1 fully saturated rings. The van der Waals surface area contributed by atoms with E-state index in [-0.39, 0.29) is 5.28 Å². The zero-order valence-electron chi connectivity index (χ0n) is 17.6. The highest BCUT2D eigenvalue weighted by molar-refractivity contribution is 6.33. The number of aromatic nitrogens is 2. The van der Waals surface area contributed by atoms with Gasteiger partial charge in [-0.2, -0.15) is 4.98 Å². The van der Waals surface area contributed by atoms with Crippen LogP contribution in [0, 0.1) is 0 Å². The predicted molar refractivity (Wildman–Crippen MR) is 119 cm³/mol. The number of anilines is 1. The molecule has 0 unspecified atom stereocenters. The molecule has 1 aliphatic rings. The Kier molecular flexibility index (Phi) is 8.24. The Morgan fingerprint density at radius 2 is 1.70 bits per heavy atom. The first-order chi connectivity index (χ1) is 14.5. The summed E-state index contributed by atoms with van der Waals surface area (Å²) in [4.78, 5) is 10.6. The second-order valence-electron chi connectivity index (χ2n) is 7.02. The maximum Gasteiger partial charge on any atom is 0.224 e. The highest BCUT2D eigenvalue weighted by atomic mass is 35.5. The van der Waals surface area contributed by atoms with Crippen molar-refractivity contribution in [2.75, 3.05) is 38.7 Å². The molecule has 1 aromatic heterocycles. The number of nitrogens with one attached hydrogen (secondary N) is 1. The molecule has 0 radical (unpaired) electrons. The number of halogens is 2. The van der Waals surface area contributed by atoms with Gasteiger partial charge >= 0.3 is 0 Å². The zero-order chi connectivity index (χ0) is 21.5. The summed E-state index contributed by atoms with van der Waals surface area (Å²) in [6.07, 6.45) is 3.54. The Bertz CT molecular complexity index is 818. The van der Waals surface area contributed by atoms with E-state index in [1.165, 1.54) is 0 Å². The Balaban J connectivity index is 1.61. The molecular weight excluding hydrogens is 427 g/mol. The first-order valence-electron chi connectivity index (χ1n) is 10.2. The summed E-state index contributed by atoms with van der Waals surface area (Å²) in [5.41, 5.74) is 1.13. The van der Waals surface area contributed by atoms with Gasteiger partial charge in [-0.3, -0.25) is 4.90 Å². The molecule has 9 heteroatoms. The van der Waals surface area contributed by atoms with E-state index >= 15 is 0 Å². The van der Waals surface area contributed by atoms with E-state index in [1.807, 2.05) is 26.0 Å². The van der Waals surface area contributed by atoms with Crippen molar-refractivity contribution in [3.8, 4) is 17.2 Å². The number of methoxy groups -OCH3 is 1. The summed E-state index contributed by atoms with van der Waals surface area (Å²) in [6, 6.07) is 4.31. The molecular formula is C21H28Cl2N4O3. The molecule has 1 aliphatic heterocycles. The summed E-state index contributed by atoms with van der Waals surface area (Å²) in [6.45, 7) is 7.73. The molecule has 1 aromatic carbocycles. The van der Waals surface area contributed by atoms with Crippen molar-refractivity contribution < 1.29 is 14.2 Å². The van der Waals surface area contributed by atoms with Crippen molar-refractivity contribution in [2.24, 2.45) is 0 Å². The van der Waals surface area contributed by atoms with Crippen LogP contribution in [0.25, 0.3) is 0 Å². The third-order valence-corrected chi connectivity index (χ3v) is 5.50. The number of rotatable bonds is 9. The number of piperidine rings is 1. The Labute approximate surface area is 187 Å². The number of likely N-dealkylation sites (tertiary alicyclic amines) is 1. The van der Waals surface area contributed by atoms with Crippen LogP contribution in [-0.4, -0.2) is 54.3 Å². The summed E-state index contributed by atoms with van der Waals surface area (Å²) in [5, 5.41) is 4.17. The lowest BCUT2D eigenvalue weighted by Crippen LogP contribution is -2.38. The zero-order valence-corrected chi connectivity index (χ0v) is 19.1. The summed E-state index contributed by atoms with van der Waals surface area (Å²) in [5.74, 6) is 2.57. The quantitative estimate of drug-likeness (QED) is 0.552. The van der Waals surface area contributed by atoms with Crippen LogP contribution in [0.2, 0.25) is 10.3 Å². The van der Waals surface area contributed by atoms with E-state index in [0.717, 1.165) is 38.0 Å². The van der Waals surface area contributed by atoms with Crippen molar-refractivity contribution in [3.05, 3.63) is 34.2 Å². The molecule has 0 saturated carbocycles. The lowest BCUT2D eigenvalue weighted by Gasteiger charge is -2.33. The standard InChI is InChI=1S/C21H28Cl2N4O3/c1-4-29-16-10-14(11-17(19(16)22)30-5-2)13-27-8-6-15(7-9-27)25-20-18(28-3)12-24-21(23)26-20/h10-12,15H,4-9,13H2,1-3H3,(H,24,25,26). The van der Waals surface area contributed by atoms with Gasteiger partial charge in [0.15, 0.2) is 11.6 Å². The van der Waals surface area contributed by atoms with Crippen molar-refractivity contribution in [1.82, 2.24) is 14.9 Å². The third kappa shape index (κ3) is 5.80. The molecule has 0 amide bonds. The minimum atomic E-state index is 0.202. The van der Waals surface area contributed by atoms with E-state index in [4.69, 9.17) is 37.4 Å². The summed E-state index contributed by atoms with van der Waals surface area (Å²) < 4.78 is 16.7. The molecule has 1 saturated heterocycles. The lowest BCUT2D eigenvalue weighted by atomic mass is 10.0. The van der Waals surface area contributed by atoms with Crippen molar-refractivity contribution in [2.45, 2.75) is 39.3 Å². The molecule has 0 spiro atoms. The molecule has 30 heavy (non-hydrogen) atoms. The minimum absolute atomic E-state index is 0.202. The maximum atomic E-state index is 6.41. The molecule has 7 nitrogen and oxygen atoms in total. The molecule has 2 aromatic rings. The number of ether oxygens (including phenoxy) is 3. The van der Waals surface area contributed by atoms with Gasteiger partial charge in [-0.15, -0.1) is 0 Å². The van der Waals surface area contributed by atoms with Crippen LogP contribution in [0.5, 0.6) is 17.2 Å². The van der Waals surface area contributed by atoms with Crippen LogP contribution in [0.4, 0.5) is 5.82 Å². The molecule has 0 atom stereocenters. The van der Waals surface area contributed by atoms with Gasteiger partial charge in [0, 0.05) is 25.7 Å². The van der Waals surface area contributed by atoms with Crippen molar-refractivity contribution in [1.29, 1.82) is 0 Å². The van der Waals surface area contributed by atoms with Gasteiger partial charge in [-0.25, -0.2) is 4.98 Å². The van der Waals surface area contributed by atoms with Crippen LogP contribution >= 0.6 is 23.2 Å². The number of nitrogens with zero attached hydrogens (tertiary/aromatic N) is 3. The molecule has 164 valence electrons. The molecule has 2 heterocycles. The predicted octanol–water partition coefficient (Wildman–Crippen LogP) is 4.67. The van der Waals surface area contributed by atoms with E-state index in [0.29, 0.717) is 47.3 Å². The monoisotopic (exact) mass is 454 g/mol. The molecule has 3 rings (SSSR count). The van der Waals surface area contributed by atoms with Gasteiger partial charge in [-0.05, 0) is 56.0 Å². The maximum absolute atomic E-state index is 6.41. The fourth-order valence-corrected chi connectivity index (χ4v) is 3.88. The third-order valence-electron chi connectivity index (χ3n) is 4.95. The van der Waals surface area contributed by atoms with Crippen LogP contribution < -0.4 is 19.5 Å². The second-order valence-corrected chi connectivity index (χ2v) is 7.74. The van der Waals surface area contributed by atoms with Crippen LogP contribution in [0.1, 0.15) is 32.3 Å². The minimum Gasteiger partial charge on any atom is -0.492 e. The number of hydrogen-bond donors (Lipinski definition) is 1. The summed E-state index contributed by atoms with van der Waals surface area (Å²) >= 11 is 12.3. The number of benzene rings is 1. The second kappa shape index (κ2) is 10.9. The molecule has 0 aliphatic carbocycles.